The Kier molecular flexibility index (Phi) is 6.24. The first-order chi connectivity index (χ1) is 5.22. The van der Waals surface area contributed by atoms with Gasteiger partial charge in [-0.15, -0.1) is 0 Å². The predicted molar refractivity (Wildman–Crippen MR) is 49.5 cm³/mol. The van der Waals surface area contributed by atoms with E-state index in [-0.39, 0.29) is 6.10 Å². The minimum absolute atomic E-state index is 0.244. The van der Waals surface area contributed by atoms with Gasteiger partial charge in [0.15, 0.2) is 0 Å². The molecule has 0 aromatic rings. The Hall–Kier alpha value is -0.300. The van der Waals surface area contributed by atoms with Crippen molar-refractivity contribution >= 4 is 0 Å². The largest absolute Gasteiger partial charge is 0.389 e. The summed E-state index contributed by atoms with van der Waals surface area (Å²) in [6.45, 7) is 6.21. The highest BCUT2D eigenvalue weighted by Gasteiger charge is 2.08. The molecule has 0 radical (unpaired) electrons. The summed E-state index contributed by atoms with van der Waals surface area (Å²) in [4.78, 5) is 0. The average Bonchev–Trinajstić information content (AvgIpc) is 2.00. The summed E-state index contributed by atoms with van der Waals surface area (Å²) in [6, 6.07) is 0. The van der Waals surface area contributed by atoms with Crippen LogP contribution in [-0.2, 0) is 0 Å². The Bertz CT molecular complexity index is 107. The molecule has 0 bridgehead atoms. The summed E-state index contributed by atoms with van der Waals surface area (Å²) in [6.07, 6.45) is 7.09. The van der Waals surface area contributed by atoms with Gasteiger partial charge in [-0.25, -0.2) is 0 Å². The van der Waals surface area contributed by atoms with Gasteiger partial charge in [-0.2, -0.15) is 0 Å². The molecule has 0 aliphatic carbocycles. The third-order valence-electron chi connectivity index (χ3n) is 1.99. The van der Waals surface area contributed by atoms with Gasteiger partial charge in [-0.1, -0.05) is 38.8 Å². The van der Waals surface area contributed by atoms with Crippen molar-refractivity contribution in [2.75, 3.05) is 0 Å². The number of hydrogen-bond acceptors (Lipinski definition) is 1. The number of aliphatic hydroxyl groups is 1. The van der Waals surface area contributed by atoms with Crippen molar-refractivity contribution in [2.45, 2.75) is 46.1 Å². The fourth-order valence-corrected chi connectivity index (χ4v) is 1.08. The highest BCUT2D eigenvalue weighted by atomic mass is 16.3. The fourth-order valence-electron chi connectivity index (χ4n) is 1.08. The molecule has 0 fully saturated rings. The lowest BCUT2D eigenvalue weighted by Crippen LogP contribution is -2.14. The van der Waals surface area contributed by atoms with E-state index < -0.39 is 0 Å². The zero-order chi connectivity index (χ0) is 8.69. The van der Waals surface area contributed by atoms with Gasteiger partial charge < -0.3 is 5.11 Å². The fraction of sp³-hybridized carbons (Fsp3) is 0.800. The van der Waals surface area contributed by atoms with Crippen molar-refractivity contribution in [3.63, 3.8) is 0 Å². The minimum Gasteiger partial charge on any atom is -0.389 e. The summed E-state index contributed by atoms with van der Waals surface area (Å²) in [5.74, 6) is 0.408. The second kappa shape index (κ2) is 6.41. The molecule has 0 rings (SSSR count). The van der Waals surface area contributed by atoms with E-state index in [0.29, 0.717) is 5.92 Å². The highest BCUT2D eigenvalue weighted by Crippen LogP contribution is 2.12. The Morgan fingerprint density at radius 3 is 2.55 bits per heavy atom. The lowest BCUT2D eigenvalue weighted by Gasteiger charge is -2.14. The van der Waals surface area contributed by atoms with Gasteiger partial charge >= 0.3 is 0 Å². The molecule has 0 aromatic carbocycles. The number of aliphatic hydroxyl groups excluding tert-OH is 1. The summed E-state index contributed by atoms with van der Waals surface area (Å²) in [5, 5.41) is 9.46. The van der Waals surface area contributed by atoms with Gasteiger partial charge in [0.05, 0.1) is 6.10 Å². The van der Waals surface area contributed by atoms with Crippen LogP contribution in [0.3, 0.4) is 0 Å². The van der Waals surface area contributed by atoms with E-state index in [0.717, 1.165) is 6.42 Å². The van der Waals surface area contributed by atoms with Crippen LogP contribution in [0.1, 0.15) is 40.0 Å². The number of allylic oxidation sites excluding steroid dienone is 1. The smallest absolute Gasteiger partial charge is 0.0746 e. The second-order valence-electron chi connectivity index (χ2n) is 3.14. The zero-order valence-corrected chi connectivity index (χ0v) is 7.88. The Morgan fingerprint density at radius 1 is 1.45 bits per heavy atom. The van der Waals surface area contributed by atoms with Crippen molar-refractivity contribution in [1.29, 1.82) is 0 Å². The molecule has 0 saturated carbocycles. The van der Waals surface area contributed by atoms with E-state index in [1.165, 1.54) is 12.8 Å². The molecule has 1 N–H and O–H groups in total. The first kappa shape index (κ1) is 10.7. The maximum atomic E-state index is 9.46. The van der Waals surface area contributed by atoms with Crippen molar-refractivity contribution in [3.8, 4) is 0 Å². The summed E-state index contributed by atoms with van der Waals surface area (Å²) in [7, 11) is 0. The number of hydrogen-bond donors (Lipinski definition) is 1. The van der Waals surface area contributed by atoms with E-state index >= 15 is 0 Å². The molecule has 2 atom stereocenters. The monoisotopic (exact) mass is 156 g/mol. The van der Waals surface area contributed by atoms with Crippen molar-refractivity contribution in [3.05, 3.63) is 12.2 Å². The molecule has 0 aliphatic heterocycles. The maximum absolute atomic E-state index is 9.46. The van der Waals surface area contributed by atoms with Crippen LogP contribution >= 0.6 is 0 Å². The SMILES string of the molecule is C/C=C/C(O)C(C)CCCC. The van der Waals surface area contributed by atoms with Crippen molar-refractivity contribution in [2.24, 2.45) is 5.92 Å². The molecule has 0 spiro atoms. The van der Waals surface area contributed by atoms with Crippen LogP contribution in [0.25, 0.3) is 0 Å². The summed E-state index contributed by atoms with van der Waals surface area (Å²) < 4.78 is 0. The average molecular weight is 156 g/mol. The Balaban J connectivity index is 3.54. The van der Waals surface area contributed by atoms with E-state index in [2.05, 4.69) is 13.8 Å². The minimum atomic E-state index is -0.244. The summed E-state index contributed by atoms with van der Waals surface area (Å²) >= 11 is 0. The summed E-state index contributed by atoms with van der Waals surface area (Å²) in [5.41, 5.74) is 0. The third kappa shape index (κ3) is 5.02. The molecule has 0 aliphatic rings. The predicted octanol–water partition coefficient (Wildman–Crippen LogP) is 2.75. The van der Waals surface area contributed by atoms with E-state index in [1.54, 1.807) is 0 Å². The number of rotatable bonds is 5. The quantitative estimate of drug-likeness (QED) is 0.607. The molecule has 1 heteroatoms. The van der Waals surface area contributed by atoms with E-state index in [9.17, 15) is 5.11 Å². The van der Waals surface area contributed by atoms with Crippen LogP contribution in [-0.4, -0.2) is 11.2 Å². The normalized spacial score (nSPS) is 17.1. The lowest BCUT2D eigenvalue weighted by atomic mass is 9.98. The molecular formula is C10H20O. The second-order valence-corrected chi connectivity index (χ2v) is 3.14. The maximum Gasteiger partial charge on any atom is 0.0746 e. The highest BCUT2D eigenvalue weighted by molar-refractivity contribution is 4.88. The molecule has 11 heavy (non-hydrogen) atoms. The van der Waals surface area contributed by atoms with Gasteiger partial charge in [0, 0.05) is 0 Å². The molecular weight excluding hydrogens is 136 g/mol. The van der Waals surface area contributed by atoms with Crippen LogP contribution in [0.2, 0.25) is 0 Å². The van der Waals surface area contributed by atoms with E-state index in [1.807, 2.05) is 19.1 Å². The molecule has 66 valence electrons. The number of unbranched alkanes of at least 4 members (excludes halogenated alkanes) is 1. The van der Waals surface area contributed by atoms with Crippen LogP contribution in [0.5, 0.6) is 0 Å². The standard InChI is InChI=1S/C10H20O/c1-4-6-8-9(3)10(11)7-5-2/h5,7,9-11H,4,6,8H2,1-3H3/b7-5+. The van der Waals surface area contributed by atoms with Gasteiger partial charge in [-0.3, -0.25) is 0 Å². The van der Waals surface area contributed by atoms with Gasteiger partial charge in [0.2, 0.25) is 0 Å². The first-order valence-corrected chi connectivity index (χ1v) is 4.53. The van der Waals surface area contributed by atoms with Gasteiger partial charge in [0.25, 0.3) is 0 Å². The van der Waals surface area contributed by atoms with Crippen LogP contribution in [0.4, 0.5) is 0 Å². The Morgan fingerprint density at radius 2 is 2.09 bits per heavy atom. The first-order valence-electron chi connectivity index (χ1n) is 4.53. The lowest BCUT2D eigenvalue weighted by molar-refractivity contribution is 0.155. The topological polar surface area (TPSA) is 20.2 Å². The molecule has 0 aromatic heterocycles. The molecule has 0 saturated heterocycles. The molecule has 2 unspecified atom stereocenters. The van der Waals surface area contributed by atoms with Crippen LogP contribution in [0, 0.1) is 5.92 Å². The van der Waals surface area contributed by atoms with Gasteiger partial charge in [-0.05, 0) is 19.3 Å². The van der Waals surface area contributed by atoms with E-state index in [4.69, 9.17) is 0 Å². The van der Waals surface area contributed by atoms with Crippen LogP contribution in [0.15, 0.2) is 12.2 Å². The molecule has 1 nitrogen and oxygen atoms in total. The third-order valence-corrected chi connectivity index (χ3v) is 1.99. The van der Waals surface area contributed by atoms with Crippen molar-refractivity contribution in [1.82, 2.24) is 0 Å². The van der Waals surface area contributed by atoms with Gasteiger partial charge in [0.1, 0.15) is 0 Å². The van der Waals surface area contributed by atoms with Crippen molar-refractivity contribution < 1.29 is 5.11 Å². The zero-order valence-electron chi connectivity index (χ0n) is 7.88. The van der Waals surface area contributed by atoms with Crippen LogP contribution < -0.4 is 0 Å². The molecule has 0 heterocycles. The molecule has 0 amide bonds. The Labute approximate surface area is 70.1 Å².